The summed E-state index contributed by atoms with van der Waals surface area (Å²) in [5, 5.41) is 0. The molecule has 2 rings (SSSR count). The van der Waals surface area contributed by atoms with Crippen LogP contribution in [0.5, 0.6) is 5.75 Å². The minimum atomic E-state index is -4.59. The molecule has 23 heavy (non-hydrogen) atoms. The molecule has 0 spiro atoms. The van der Waals surface area contributed by atoms with Crippen molar-refractivity contribution in [3.05, 3.63) is 59.7 Å². The number of hydrogen-bond acceptors (Lipinski definition) is 3. The molecule has 0 bridgehead atoms. The molecule has 122 valence electrons. The van der Waals surface area contributed by atoms with Crippen LogP contribution < -0.4 is 4.74 Å². The molecule has 0 aliphatic rings. The van der Waals surface area contributed by atoms with Gasteiger partial charge in [-0.2, -0.15) is 26.0 Å². The van der Waals surface area contributed by atoms with Crippen molar-refractivity contribution in [2.24, 2.45) is 4.40 Å². The molecule has 0 atom stereocenters. The van der Waals surface area contributed by atoms with Gasteiger partial charge in [0.15, 0.2) is 0 Å². The summed E-state index contributed by atoms with van der Waals surface area (Å²) < 4.78 is 70.9. The highest BCUT2D eigenvalue weighted by Gasteiger charge is 2.32. The molecule has 0 heterocycles. The van der Waals surface area contributed by atoms with Gasteiger partial charge < -0.3 is 4.74 Å². The van der Waals surface area contributed by atoms with Gasteiger partial charge >= 0.3 is 6.18 Å². The largest absolute Gasteiger partial charge is 0.497 e. The van der Waals surface area contributed by atoms with Crippen LogP contribution in [-0.2, 0) is 16.2 Å². The molecule has 0 aliphatic heterocycles. The fraction of sp³-hybridized carbons (Fsp3) is 0.133. The summed E-state index contributed by atoms with van der Waals surface area (Å²) in [5.74, 6) is 0.454. The predicted molar refractivity (Wildman–Crippen MR) is 79.2 cm³/mol. The van der Waals surface area contributed by atoms with Gasteiger partial charge in [0.25, 0.3) is 10.0 Å². The van der Waals surface area contributed by atoms with Crippen LogP contribution in [-0.4, -0.2) is 21.7 Å². The zero-order valence-electron chi connectivity index (χ0n) is 11.9. The molecule has 0 saturated carbocycles. The number of alkyl halides is 3. The summed E-state index contributed by atoms with van der Waals surface area (Å²) in [6, 6.07) is 9.98. The number of halogens is 3. The Kier molecular flexibility index (Phi) is 4.74. The molecule has 4 nitrogen and oxygen atoms in total. The second-order valence-corrected chi connectivity index (χ2v) is 6.10. The molecule has 8 heteroatoms. The number of sulfonamides is 1. The summed E-state index contributed by atoms with van der Waals surface area (Å²) in [6.07, 6.45) is -3.89. The lowest BCUT2D eigenvalue weighted by atomic mass is 10.1. The summed E-state index contributed by atoms with van der Waals surface area (Å²) in [6.45, 7) is 0. The molecule has 2 aromatic rings. The molecular formula is C15H12F3NO3S. The maximum atomic E-state index is 12.8. The van der Waals surface area contributed by atoms with Crippen molar-refractivity contribution in [2.75, 3.05) is 7.11 Å². The first-order chi connectivity index (χ1) is 10.7. The van der Waals surface area contributed by atoms with E-state index in [1.54, 1.807) is 0 Å². The molecular weight excluding hydrogens is 331 g/mol. The van der Waals surface area contributed by atoms with Crippen molar-refractivity contribution in [2.45, 2.75) is 11.1 Å². The normalized spacial score (nSPS) is 12.5. The summed E-state index contributed by atoms with van der Waals surface area (Å²) >= 11 is 0. The second-order valence-electron chi connectivity index (χ2n) is 4.47. The lowest BCUT2D eigenvalue weighted by molar-refractivity contribution is -0.137. The number of ether oxygens (including phenoxy) is 1. The molecule has 0 amide bonds. The summed E-state index contributed by atoms with van der Waals surface area (Å²) in [7, 11) is -2.67. The number of benzene rings is 2. The standard InChI is InChI=1S/C15H12F3NO3S/c1-22-12-6-8-13(9-7-12)23(20,21)19-10-11-4-2-3-5-14(11)15(16,17)18/h2-10H,1H3/b19-10+. The predicted octanol–water partition coefficient (Wildman–Crippen LogP) is 3.52. The molecule has 0 unspecified atom stereocenters. The van der Waals surface area contributed by atoms with E-state index in [4.69, 9.17) is 4.74 Å². The van der Waals surface area contributed by atoms with Crippen molar-refractivity contribution >= 4 is 16.2 Å². The minimum Gasteiger partial charge on any atom is -0.497 e. The van der Waals surface area contributed by atoms with Gasteiger partial charge in [0.05, 0.1) is 17.6 Å². The van der Waals surface area contributed by atoms with Crippen molar-refractivity contribution in [3.8, 4) is 5.75 Å². The molecule has 0 saturated heterocycles. The topological polar surface area (TPSA) is 55.7 Å². The Bertz CT molecular complexity index is 813. The molecule has 0 aromatic heterocycles. The lowest BCUT2D eigenvalue weighted by Crippen LogP contribution is -2.09. The first-order valence-corrected chi connectivity index (χ1v) is 7.79. The molecule has 0 N–H and O–H groups in total. The highest BCUT2D eigenvalue weighted by atomic mass is 32.2. The van der Waals surface area contributed by atoms with E-state index in [1.807, 2.05) is 0 Å². The third-order valence-electron chi connectivity index (χ3n) is 2.95. The molecule has 0 fully saturated rings. The molecule has 2 aromatic carbocycles. The third kappa shape index (κ3) is 4.10. The Labute approximate surface area is 131 Å². The Morgan fingerprint density at radius 2 is 1.65 bits per heavy atom. The van der Waals surface area contributed by atoms with E-state index < -0.39 is 21.8 Å². The molecule has 0 aliphatic carbocycles. The van der Waals surface area contributed by atoms with E-state index in [1.165, 1.54) is 43.5 Å². The fourth-order valence-corrected chi connectivity index (χ4v) is 2.66. The van der Waals surface area contributed by atoms with Crippen molar-refractivity contribution in [1.29, 1.82) is 0 Å². The van der Waals surface area contributed by atoms with Crippen LogP contribution in [0.3, 0.4) is 0 Å². The Balaban J connectivity index is 2.35. The van der Waals surface area contributed by atoms with Crippen LogP contribution in [0.4, 0.5) is 13.2 Å². The van der Waals surface area contributed by atoms with Gasteiger partial charge in [0.1, 0.15) is 5.75 Å². The smallest absolute Gasteiger partial charge is 0.417 e. The van der Waals surface area contributed by atoms with Crippen LogP contribution in [0.25, 0.3) is 0 Å². The Morgan fingerprint density at radius 1 is 1.04 bits per heavy atom. The van der Waals surface area contributed by atoms with E-state index in [-0.39, 0.29) is 10.5 Å². The number of methoxy groups -OCH3 is 1. The van der Waals surface area contributed by atoms with E-state index in [2.05, 4.69) is 4.40 Å². The van der Waals surface area contributed by atoms with Gasteiger partial charge in [-0.1, -0.05) is 18.2 Å². The number of rotatable bonds is 4. The average molecular weight is 343 g/mol. The van der Waals surface area contributed by atoms with Crippen LogP contribution in [0, 0.1) is 0 Å². The summed E-state index contributed by atoms with van der Waals surface area (Å²) in [5.41, 5.74) is -1.27. The zero-order chi connectivity index (χ0) is 17.1. The van der Waals surface area contributed by atoms with Gasteiger partial charge in [-0.15, -0.1) is 0 Å². The van der Waals surface area contributed by atoms with Gasteiger partial charge in [-0.3, -0.25) is 0 Å². The first kappa shape index (κ1) is 17.0. The lowest BCUT2D eigenvalue weighted by Gasteiger charge is -2.09. The van der Waals surface area contributed by atoms with Crippen molar-refractivity contribution < 1.29 is 26.3 Å². The van der Waals surface area contributed by atoms with E-state index in [9.17, 15) is 21.6 Å². The quantitative estimate of drug-likeness (QED) is 0.798. The number of hydrogen-bond donors (Lipinski definition) is 0. The van der Waals surface area contributed by atoms with Crippen LogP contribution in [0.15, 0.2) is 57.8 Å². The van der Waals surface area contributed by atoms with E-state index >= 15 is 0 Å². The fourth-order valence-electron chi connectivity index (χ4n) is 1.80. The number of nitrogens with zero attached hydrogens (tertiary/aromatic N) is 1. The second kappa shape index (κ2) is 6.41. The van der Waals surface area contributed by atoms with Gasteiger partial charge in [-0.25, -0.2) is 0 Å². The van der Waals surface area contributed by atoms with Crippen molar-refractivity contribution in [3.63, 3.8) is 0 Å². The summed E-state index contributed by atoms with van der Waals surface area (Å²) in [4.78, 5) is -0.140. The van der Waals surface area contributed by atoms with Crippen LogP contribution in [0.1, 0.15) is 11.1 Å². The Morgan fingerprint density at radius 3 is 2.22 bits per heavy atom. The van der Waals surface area contributed by atoms with E-state index in [0.717, 1.165) is 12.1 Å². The van der Waals surface area contributed by atoms with Gasteiger partial charge in [-0.05, 0) is 30.3 Å². The average Bonchev–Trinajstić information content (AvgIpc) is 2.52. The highest BCUT2D eigenvalue weighted by Crippen LogP contribution is 2.31. The van der Waals surface area contributed by atoms with E-state index in [0.29, 0.717) is 12.0 Å². The van der Waals surface area contributed by atoms with Crippen molar-refractivity contribution in [1.82, 2.24) is 0 Å². The third-order valence-corrected chi connectivity index (χ3v) is 4.20. The molecule has 0 radical (unpaired) electrons. The van der Waals surface area contributed by atoms with Gasteiger partial charge in [0.2, 0.25) is 0 Å². The first-order valence-electron chi connectivity index (χ1n) is 6.34. The SMILES string of the molecule is COc1ccc(S(=O)(=O)/N=C/c2ccccc2C(F)(F)F)cc1. The monoisotopic (exact) mass is 343 g/mol. The minimum absolute atomic E-state index is 0.140. The van der Waals surface area contributed by atoms with Gasteiger partial charge in [0, 0.05) is 11.8 Å². The maximum Gasteiger partial charge on any atom is 0.417 e. The zero-order valence-corrected chi connectivity index (χ0v) is 12.7. The highest BCUT2D eigenvalue weighted by molar-refractivity contribution is 7.90. The maximum absolute atomic E-state index is 12.8. The van der Waals surface area contributed by atoms with Crippen LogP contribution >= 0.6 is 0 Å². The van der Waals surface area contributed by atoms with Crippen LogP contribution in [0.2, 0.25) is 0 Å². The Hall–Kier alpha value is -2.35.